The molecule has 0 heterocycles. The summed E-state index contributed by atoms with van der Waals surface area (Å²) in [4.78, 5) is 10.8. The molecule has 0 radical (unpaired) electrons. The highest BCUT2D eigenvalue weighted by molar-refractivity contribution is 7.92. The summed E-state index contributed by atoms with van der Waals surface area (Å²) in [5, 5.41) is -0.263. The molecule has 2 aromatic rings. The molecule has 0 aliphatic rings. The van der Waals surface area contributed by atoms with Gasteiger partial charge >= 0.3 is 0 Å². The molecular weight excluding hydrogens is 331 g/mol. The van der Waals surface area contributed by atoms with Crippen LogP contribution in [0.5, 0.6) is 0 Å². The number of aryl methyl sites for hydroxylation is 1. The van der Waals surface area contributed by atoms with E-state index >= 15 is 0 Å². The molecule has 0 aliphatic carbocycles. The first kappa shape index (κ1) is 16.3. The van der Waals surface area contributed by atoms with Crippen LogP contribution < -0.4 is 10.5 Å². The van der Waals surface area contributed by atoms with Crippen molar-refractivity contribution < 1.29 is 17.6 Å². The predicted molar refractivity (Wildman–Crippen MR) is 81.9 cm³/mol. The topological polar surface area (TPSA) is 89.3 Å². The fourth-order valence-corrected chi connectivity index (χ4v) is 3.69. The number of halogens is 2. The Morgan fingerprint density at radius 3 is 2.45 bits per heavy atom. The Morgan fingerprint density at radius 2 is 1.86 bits per heavy atom. The van der Waals surface area contributed by atoms with E-state index < -0.39 is 26.6 Å². The Bertz CT molecular complexity index is 833. The molecule has 0 spiro atoms. The monoisotopic (exact) mass is 342 g/mol. The van der Waals surface area contributed by atoms with Crippen molar-refractivity contribution in [2.75, 3.05) is 4.72 Å². The molecule has 8 heteroatoms. The highest BCUT2D eigenvalue weighted by Gasteiger charge is 2.24. The van der Waals surface area contributed by atoms with Crippen molar-refractivity contribution >= 4 is 33.2 Å². The summed E-state index contributed by atoms with van der Waals surface area (Å²) in [6, 6.07) is 8.03. The number of hydrogen-bond donors (Lipinski definition) is 2. The van der Waals surface area contributed by atoms with Gasteiger partial charge in [0.2, 0.25) is 0 Å². The molecule has 0 bridgehead atoms. The number of sulfonamides is 1. The maximum absolute atomic E-state index is 13.8. The molecule has 0 atom stereocenters. The van der Waals surface area contributed by atoms with Gasteiger partial charge in [-0.15, -0.1) is 0 Å². The van der Waals surface area contributed by atoms with E-state index in [2.05, 4.69) is 4.72 Å². The van der Waals surface area contributed by atoms with Gasteiger partial charge in [-0.3, -0.25) is 9.52 Å². The molecule has 0 aliphatic heterocycles. The number of rotatable bonds is 4. The summed E-state index contributed by atoms with van der Waals surface area (Å²) in [5.41, 5.74) is 5.73. The zero-order chi connectivity index (χ0) is 16.5. The van der Waals surface area contributed by atoms with Crippen LogP contribution in [0, 0.1) is 12.7 Å². The fraction of sp³-hybridized carbons (Fsp3) is 0.0714. The van der Waals surface area contributed by atoms with E-state index in [9.17, 15) is 17.6 Å². The summed E-state index contributed by atoms with van der Waals surface area (Å²) >= 11 is 5.76. The average molecular weight is 343 g/mol. The molecule has 0 saturated carbocycles. The smallest absolute Gasteiger partial charge is 0.266 e. The Morgan fingerprint density at radius 1 is 1.23 bits per heavy atom. The van der Waals surface area contributed by atoms with Crippen LogP contribution in [0.3, 0.4) is 0 Å². The average Bonchev–Trinajstić information content (AvgIpc) is 2.36. The van der Waals surface area contributed by atoms with Crippen LogP contribution in [0.1, 0.15) is 15.9 Å². The second-order valence-electron chi connectivity index (χ2n) is 4.52. The SMILES string of the molecule is Cc1cccc(NS(=O)(=O)c2c(F)cccc2Cl)c1C(N)=O. The van der Waals surface area contributed by atoms with Gasteiger partial charge in [-0.05, 0) is 30.7 Å². The van der Waals surface area contributed by atoms with Crippen LogP contribution in [-0.4, -0.2) is 14.3 Å². The number of nitrogens with two attached hydrogens (primary N) is 1. The van der Waals surface area contributed by atoms with E-state index in [1.54, 1.807) is 19.1 Å². The number of amides is 1. The highest BCUT2D eigenvalue weighted by Crippen LogP contribution is 2.28. The van der Waals surface area contributed by atoms with Crippen LogP contribution in [0.4, 0.5) is 10.1 Å². The molecular formula is C14H12ClFN2O3S. The molecule has 0 aromatic heterocycles. The van der Waals surface area contributed by atoms with Crippen molar-refractivity contribution in [2.24, 2.45) is 5.73 Å². The van der Waals surface area contributed by atoms with Crippen molar-refractivity contribution in [3.8, 4) is 0 Å². The van der Waals surface area contributed by atoms with Crippen molar-refractivity contribution in [2.45, 2.75) is 11.8 Å². The van der Waals surface area contributed by atoms with Gasteiger partial charge in [-0.25, -0.2) is 12.8 Å². The Kier molecular flexibility index (Phi) is 4.39. The van der Waals surface area contributed by atoms with E-state index in [4.69, 9.17) is 17.3 Å². The van der Waals surface area contributed by atoms with Gasteiger partial charge in [0.15, 0.2) is 0 Å². The van der Waals surface area contributed by atoms with Gasteiger partial charge in [0, 0.05) is 0 Å². The number of carbonyl (C=O) groups is 1. The van der Waals surface area contributed by atoms with Crippen molar-refractivity contribution in [3.05, 3.63) is 58.4 Å². The van der Waals surface area contributed by atoms with Crippen LogP contribution in [-0.2, 0) is 10.0 Å². The zero-order valence-corrected chi connectivity index (χ0v) is 13.0. The highest BCUT2D eigenvalue weighted by atomic mass is 35.5. The number of carbonyl (C=O) groups excluding carboxylic acids is 1. The van der Waals surface area contributed by atoms with Crippen molar-refractivity contribution in [1.29, 1.82) is 0 Å². The number of nitrogens with one attached hydrogen (secondary N) is 1. The van der Waals surface area contributed by atoms with Crippen LogP contribution in [0.2, 0.25) is 5.02 Å². The van der Waals surface area contributed by atoms with Crippen LogP contribution in [0.25, 0.3) is 0 Å². The molecule has 22 heavy (non-hydrogen) atoms. The normalized spacial score (nSPS) is 11.2. The second kappa shape index (κ2) is 5.94. The minimum absolute atomic E-state index is 0.0125. The first-order valence-electron chi connectivity index (χ1n) is 6.10. The number of hydrogen-bond acceptors (Lipinski definition) is 3. The standard InChI is InChI=1S/C14H12ClFN2O3S/c1-8-4-2-7-11(12(8)14(17)19)18-22(20,21)13-9(15)5-3-6-10(13)16/h2-7,18H,1H3,(H2,17,19). The van der Waals surface area contributed by atoms with Crippen LogP contribution >= 0.6 is 11.6 Å². The lowest BCUT2D eigenvalue weighted by Crippen LogP contribution is -2.20. The van der Waals surface area contributed by atoms with E-state index in [1.807, 2.05) is 0 Å². The second-order valence-corrected chi connectivity index (χ2v) is 6.54. The summed E-state index contributed by atoms with van der Waals surface area (Å²) in [5.74, 6) is -1.79. The Hall–Kier alpha value is -2.12. The third kappa shape index (κ3) is 3.05. The van der Waals surface area contributed by atoms with Crippen LogP contribution in [0.15, 0.2) is 41.3 Å². The molecule has 0 fully saturated rings. The minimum atomic E-state index is -4.31. The summed E-state index contributed by atoms with van der Waals surface area (Å²) in [7, 11) is -4.31. The first-order chi connectivity index (χ1) is 10.2. The minimum Gasteiger partial charge on any atom is -0.366 e. The van der Waals surface area contributed by atoms with E-state index in [0.717, 1.165) is 6.07 Å². The third-order valence-electron chi connectivity index (χ3n) is 2.95. The summed E-state index contributed by atoms with van der Waals surface area (Å²) in [6.07, 6.45) is 0. The lowest BCUT2D eigenvalue weighted by atomic mass is 10.1. The van der Waals surface area contributed by atoms with Crippen molar-refractivity contribution in [1.82, 2.24) is 0 Å². The molecule has 0 unspecified atom stereocenters. The van der Waals surface area contributed by atoms with E-state index in [1.165, 1.54) is 18.2 Å². The number of benzene rings is 2. The number of anilines is 1. The van der Waals surface area contributed by atoms with Gasteiger partial charge in [-0.2, -0.15) is 0 Å². The van der Waals surface area contributed by atoms with Gasteiger partial charge < -0.3 is 5.73 Å². The molecule has 3 N–H and O–H groups in total. The maximum atomic E-state index is 13.8. The van der Waals surface area contributed by atoms with E-state index in [0.29, 0.717) is 5.56 Å². The molecule has 116 valence electrons. The maximum Gasteiger partial charge on any atom is 0.266 e. The van der Waals surface area contributed by atoms with Gasteiger partial charge in [0.25, 0.3) is 15.9 Å². The summed E-state index contributed by atoms with van der Waals surface area (Å²) < 4.78 is 40.6. The molecule has 2 aromatic carbocycles. The largest absolute Gasteiger partial charge is 0.366 e. The van der Waals surface area contributed by atoms with E-state index in [-0.39, 0.29) is 16.3 Å². The van der Waals surface area contributed by atoms with Gasteiger partial charge in [0.05, 0.1) is 16.3 Å². The first-order valence-corrected chi connectivity index (χ1v) is 7.96. The van der Waals surface area contributed by atoms with Gasteiger partial charge in [-0.1, -0.05) is 29.8 Å². The predicted octanol–water partition coefficient (Wildman–Crippen LogP) is 2.69. The fourth-order valence-electron chi connectivity index (χ4n) is 2.01. The Labute approximate surface area is 131 Å². The third-order valence-corrected chi connectivity index (χ3v) is 4.82. The molecule has 5 nitrogen and oxygen atoms in total. The lowest BCUT2D eigenvalue weighted by molar-refractivity contribution is 0.100. The molecule has 2 rings (SSSR count). The summed E-state index contributed by atoms with van der Waals surface area (Å²) in [6.45, 7) is 1.61. The Balaban J connectivity index is 2.56. The lowest BCUT2D eigenvalue weighted by Gasteiger charge is -2.13. The van der Waals surface area contributed by atoms with Gasteiger partial charge in [0.1, 0.15) is 10.7 Å². The molecule has 1 amide bonds. The quantitative estimate of drug-likeness (QED) is 0.895. The zero-order valence-electron chi connectivity index (χ0n) is 11.4. The van der Waals surface area contributed by atoms with Crippen molar-refractivity contribution in [3.63, 3.8) is 0 Å². The molecule has 0 saturated heterocycles. The number of primary amides is 1.